The largest absolute Gasteiger partial charge is 0.383 e. The number of hydrogen-bond acceptors (Lipinski definition) is 4. The summed E-state index contributed by atoms with van der Waals surface area (Å²) in [5.74, 6) is 1.12. The fourth-order valence-electron chi connectivity index (χ4n) is 4.55. The third kappa shape index (κ3) is 5.18. The van der Waals surface area contributed by atoms with E-state index < -0.39 is 0 Å². The molecule has 8 nitrogen and oxygen atoms in total. The average Bonchev–Trinajstić information content (AvgIpc) is 3.28. The van der Waals surface area contributed by atoms with Crippen molar-refractivity contribution in [1.29, 1.82) is 0 Å². The number of amides is 2. The van der Waals surface area contributed by atoms with E-state index in [4.69, 9.17) is 4.74 Å². The lowest BCUT2D eigenvalue weighted by Crippen LogP contribution is -2.49. The highest BCUT2D eigenvalue weighted by Crippen LogP contribution is 2.22. The van der Waals surface area contributed by atoms with Gasteiger partial charge in [-0.15, -0.1) is 0 Å². The highest BCUT2D eigenvalue weighted by molar-refractivity contribution is 5.95. The van der Waals surface area contributed by atoms with Gasteiger partial charge in [0.1, 0.15) is 5.82 Å². The van der Waals surface area contributed by atoms with E-state index in [9.17, 15) is 9.59 Å². The Morgan fingerprint density at radius 3 is 2.48 bits per heavy atom. The van der Waals surface area contributed by atoms with Crippen molar-refractivity contribution in [3.63, 3.8) is 0 Å². The standard InChI is InChI=1S/C23H35N5O3/c1-17-16-22(18(2)27(17)14-15-31-5)23(30)26-9-6-21(7-10-26)28(20(4)29)13-12-25-11-8-24-19(25)3/h8,11,16,21H,6-7,9-10,12-15H2,1-5H3. The van der Waals surface area contributed by atoms with E-state index in [2.05, 4.69) is 14.1 Å². The molecule has 1 aliphatic heterocycles. The van der Waals surface area contributed by atoms with Crippen LogP contribution in [-0.4, -0.2) is 75.1 Å². The van der Waals surface area contributed by atoms with Gasteiger partial charge in [0.25, 0.3) is 5.91 Å². The number of aryl methyl sites for hydroxylation is 2. The van der Waals surface area contributed by atoms with Gasteiger partial charge in [-0.1, -0.05) is 0 Å². The Hall–Kier alpha value is -2.61. The second kappa shape index (κ2) is 10.1. The lowest BCUT2D eigenvalue weighted by atomic mass is 10.0. The minimum absolute atomic E-state index is 0.0821. The lowest BCUT2D eigenvalue weighted by Gasteiger charge is -2.38. The minimum atomic E-state index is 0.0821. The summed E-state index contributed by atoms with van der Waals surface area (Å²) in [6.45, 7) is 11.7. The Bertz CT molecular complexity index is 908. The maximum Gasteiger partial charge on any atom is 0.255 e. The predicted molar refractivity (Wildman–Crippen MR) is 119 cm³/mol. The number of methoxy groups -OCH3 is 1. The number of carbonyl (C=O) groups excluding carboxylic acids is 2. The molecule has 0 unspecified atom stereocenters. The third-order valence-electron chi connectivity index (χ3n) is 6.43. The third-order valence-corrected chi connectivity index (χ3v) is 6.43. The molecule has 0 saturated carbocycles. The van der Waals surface area contributed by atoms with Gasteiger partial charge in [0, 0.05) is 76.6 Å². The number of likely N-dealkylation sites (tertiary alicyclic amines) is 1. The van der Waals surface area contributed by atoms with Crippen LogP contribution in [0.15, 0.2) is 18.5 Å². The van der Waals surface area contributed by atoms with Gasteiger partial charge in [-0.25, -0.2) is 4.98 Å². The molecule has 0 radical (unpaired) electrons. The molecule has 3 heterocycles. The lowest BCUT2D eigenvalue weighted by molar-refractivity contribution is -0.132. The van der Waals surface area contributed by atoms with E-state index in [1.165, 1.54) is 0 Å². The van der Waals surface area contributed by atoms with Gasteiger partial charge < -0.3 is 23.7 Å². The van der Waals surface area contributed by atoms with Crippen LogP contribution in [0.1, 0.15) is 47.3 Å². The van der Waals surface area contributed by atoms with Crippen molar-refractivity contribution in [3.05, 3.63) is 41.2 Å². The number of hydrogen-bond donors (Lipinski definition) is 0. The maximum atomic E-state index is 13.2. The smallest absolute Gasteiger partial charge is 0.255 e. The molecule has 2 aromatic rings. The zero-order chi connectivity index (χ0) is 22.5. The van der Waals surface area contributed by atoms with Crippen LogP contribution in [0.5, 0.6) is 0 Å². The van der Waals surface area contributed by atoms with Crippen molar-refractivity contribution < 1.29 is 14.3 Å². The summed E-state index contributed by atoms with van der Waals surface area (Å²) in [6, 6.07) is 2.15. The Balaban J connectivity index is 1.60. The Labute approximate surface area is 184 Å². The summed E-state index contributed by atoms with van der Waals surface area (Å²) >= 11 is 0. The molecule has 0 aliphatic carbocycles. The first-order chi connectivity index (χ1) is 14.8. The molecule has 0 aromatic carbocycles. The predicted octanol–water partition coefficient (Wildman–Crippen LogP) is 2.41. The van der Waals surface area contributed by atoms with E-state index in [0.717, 1.165) is 48.7 Å². The van der Waals surface area contributed by atoms with Crippen molar-refractivity contribution in [1.82, 2.24) is 23.9 Å². The number of aromatic nitrogens is 3. The van der Waals surface area contributed by atoms with Crippen LogP contribution in [0.3, 0.4) is 0 Å². The van der Waals surface area contributed by atoms with Crippen LogP contribution in [-0.2, 0) is 22.6 Å². The summed E-state index contributed by atoms with van der Waals surface area (Å²) in [6.07, 6.45) is 5.33. The summed E-state index contributed by atoms with van der Waals surface area (Å²) in [4.78, 5) is 33.6. The first-order valence-corrected chi connectivity index (χ1v) is 11.0. The van der Waals surface area contributed by atoms with Crippen molar-refractivity contribution >= 4 is 11.8 Å². The van der Waals surface area contributed by atoms with E-state index in [1.807, 2.05) is 42.8 Å². The van der Waals surface area contributed by atoms with Gasteiger partial charge in [-0.2, -0.15) is 0 Å². The van der Waals surface area contributed by atoms with Gasteiger partial charge in [0.2, 0.25) is 5.91 Å². The number of ether oxygens (including phenoxy) is 1. The van der Waals surface area contributed by atoms with Crippen molar-refractivity contribution in [2.24, 2.45) is 0 Å². The molecule has 3 rings (SSSR count). The van der Waals surface area contributed by atoms with Crippen LogP contribution in [0.4, 0.5) is 0 Å². The van der Waals surface area contributed by atoms with Gasteiger partial charge >= 0.3 is 0 Å². The normalized spacial score (nSPS) is 14.8. The van der Waals surface area contributed by atoms with Crippen LogP contribution in [0, 0.1) is 20.8 Å². The molecule has 0 N–H and O–H groups in total. The molecule has 1 aliphatic rings. The van der Waals surface area contributed by atoms with E-state index in [-0.39, 0.29) is 17.9 Å². The molecule has 2 amide bonds. The SMILES string of the molecule is COCCn1c(C)cc(C(=O)N2CCC(N(CCn3ccnc3C)C(C)=O)CC2)c1C. The maximum absolute atomic E-state index is 13.2. The molecule has 1 saturated heterocycles. The Morgan fingerprint density at radius 1 is 1.19 bits per heavy atom. The first-order valence-electron chi connectivity index (χ1n) is 11.0. The Morgan fingerprint density at radius 2 is 1.90 bits per heavy atom. The molecular formula is C23H35N5O3. The second-order valence-corrected chi connectivity index (χ2v) is 8.33. The van der Waals surface area contributed by atoms with Crippen LogP contribution >= 0.6 is 0 Å². The van der Waals surface area contributed by atoms with Crippen LogP contribution < -0.4 is 0 Å². The summed E-state index contributed by atoms with van der Waals surface area (Å²) in [5.41, 5.74) is 2.83. The number of rotatable bonds is 8. The van der Waals surface area contributed by atoms with Gasteiger partial charge in [-0.05, 0) is 39.7 Å². The minimum Gasteiger partial charge on any atom is -0.383 e. The first kappa shape index (κ1) is 23.1. The summed E-state index contributed by atoms with van der Waals surface area (Å²) < 4.78 is 9.39. The summed E-state index contributed by atoms with van der Waals surface area (Å²) in [7, 11) is 1.69. The second-order valence-electron chi connectivity index (χ2n) is 8.33. The fourth-order valence-corrected chi connectivity index (χ4v) is 4.55. The van der Waals surface area contributed by atoms with E-state index >= 15 is 0 Å². The van der Waals surface area contributed by atoms with Crippen molar-refractivity contribution in [2.75, 3.05) is 33.4 Å². The summed E-state index contributed by atoms with van der Waals surface area (Å²) in [5, 5.41) is 0. The zero-order valence-corrected chi connectivity index (χ0v) is 19.4. The van der Waals surface area contributed by atoms with Crippen LogP contribution in [0.25, 0.3) is 0 Å². The highest BCUT2D eigenvalue weighted by Gasteiger charge is 2.30. The molecule has 1 fully saturated rings. The number of nitrogens with zero attached hydrogens (tertiary/aromatic N) is 5. The van der Waals surface area contributed by atoms with Crippen molar-refractivity contribution in [2.45, 2.75) is 59.7 Å². The number of carbonyl (C=O) groups is 2. The number of piperidine rings is 1. The van der Waals surface area contributed by atoms with E-state index in [1.54, 1.807) is 20.2 Å². The van der Waals surface area contributed by atoms with Gasteiger partial charge in [0.15, 0.2) is 0 Å². The topological polar surface area (TPSA) is 72.6 Å². The number of imidazole rings is 1. The molecule has 8 heteroatoms. The Kier molecular flexibility index (Phi) is 7.54. The molecule has 31 heavy (non-hydrogen) atoms. The highest BCUT2D eigenvalue weighted by atomic mass is 16.5. The van der Waals surface area contributed by atoms with Crippen molar-refractivity contribution in [3.8, 4) is 0 Å². The molecular weight excluding hydrogens is 394 g/mol. The monoisotopic (exact) mass is 429 g/mol. The zero-order valence-electron chi connectivity index (χ0n) is 19.4. The quantitative estimate of drug-likeness (QED) is 0.646. The molecule has 2 aromatic heterocycles. The molecule has 0 bridgehead atoms. The molecule has 0 spiro atoms. The average molecular weight is 430 g/mol. The fraction of sp³-hybridized carbons (Fsp3) is 0.609. The van der Waals surface area contributed by atoms with Crippen LogP contribution in [0.2, 0.25) is 0 Å². The van der Waals surface area contributed by atoms with E-state index in [0.29, 0.717) is 26.2 Å². The van der Waals surface area contributed by atoms with Gasteiger partial charge in [0.05, 0.1) is 12.2 Å². The molecule has 0 atom stereocenters. The molecule has 170 valence electrons. The van der Waals surface area contributed by atoms with Gasteiger partial charge in [-0.3, -0.25) is 9.59 Å².